The van der Waals surface area contributed by atoms with E-state index >= 15 is 0 Å². The highest BCUT2D eigenvalue weighted by Gasteiger charge is 2.33. The average molecular weight is 362 g/mol. The lowest BCUT2D eigenvalue weighted by molar-refractivity contribution is -0.141. The summed E-state index contributed by atoms with van der Waals surface area (Å²) in [6.45, 7) is -0.648. The number of aromatic nitrogens is 4. The summed E-state index contributed by atoms with van der Waals surface area (Å²) in [7, 11) is 0. The molecule has 2 aromatic heterocycles. The molecule has 2 aromatic rings. The monoisotopic (exact) mass is 362 g/mol. The van der Waals surface area contributed by atoms with Gasteiger partial charge < -0.3 is 4.90 Å². The summed E-state index contributed by atoms with van der Waals surface area (Å²) >= 11 is 0. The Balaban J connectivity index is 1.61. The highest BCUT2D eigenvalue weighted by atomic mass is 19.4. The first-order chi connectivity index (χ1) is 11.8. The van der Waals surface area contributed by atoms with Crippen LogP contribution in [0.25, 0.3) is 0 Å². The van der Waals surface area contributed by atoms with Gasteiger partial charge in [-0.1, -0.05) is 0 Å². The predicted octanol–water partition coefficient (Wildman–Crippen LogP) is 2.41. The lowest BCUT2D eigenvalue weighted by Crippen LogP contribution is -2.47. The van der Waals surface area contributed by atoms with Crippen molar-refractivity contribution in [1.82, 2.24) is 24.4 Å². The molecule has 3 heterocycles. The van der Waals surface area contributed by atoms with Crippen LogP contribution in [-0.2, 0) is 12.7 Å². The second kappa shape index (κ2) is 6.90. The third kappa shape index (κ3) is 4.03. The zero-order valence-electron chi connectivity index (χ0n) is 13.0. The first-order valence-electron chi connectivity index (χ1n) is 7.52. The van der Waals surface area contributed by atoms with E-state index in [1.54, 1.807) is 4.90 Å². The number of imidazole rings is 1. The number of halogens is 5. The van der Waals surface area contributed by atoms with Gasteiger partial charge in [-0.05, 0) is 6.07 Å². The minimum atomic E-state index is -4.52. The van der Waals surface area contributed by atoms with Gasteiger partial charge in [-0.3, -0.25) is 9.47 Å². The van der Waals surface area contributed by atoms with Gasteiger partial charge in [0.25, 0.3) is 0 Å². The minimum Gasteiger partial charge on any atom is -0.338 e. The van der Waals surface area contributed by atoms with Crippen molar-refractivity contribution in [3.8, 4) is 0 Å². The largest absolute Gasteiger partial charge is 0.433 e. The van der Waals surface area contributed by atoms with Gasteiger partial charge >= 0.3 is 12.7 Å². The Kier molecular flexibility index (Phi) is 4.84. The Morgan fingerprint density at radius 2 is 1.76 bits per heavy atom. The molecule has 6 nitrogen and oxygen atoms in total. The fourth-order valence-corrected chi connectivity index (χ4v) is 2.61. The molecule has 0 atom stereocenters. The van der Waals surface area contributed by atoms with E-state index in [0.29, 0.717) is 26.2 Å². The molecule has 0 aromatic carbocycles. The Morgan fingerprint density at radius 1 is 1.04 bits per heavy atom. The maximum absolute atomic E-state index is 12.8. The molecule has 0 N–H and O–H groups in total. The summed E-state index contributed by atoms with van der Waals surface area (Å²) in [5.74, 6) is 0.266. The number of piperazine rings is 1. The molecule has 11 heteroatoms. The van der Waals surface area contributed by atoms with Gasteiger partial charge in [0.2, 0.25) is 5.95 Å². The van der Waals surface area contributed by atoms with Gasteiger partial charge in [0.15, 0.2) is 0 Å². The highest BCUT2D eigenvalue weighted by molar-refractivity contribution is 5.31. The molecule has 0 radical (unpaired) electrons. The summed E-state index contributed by atoms with van der Waals surface area (Å²) < 4.78 is 64.6. The maximum atomic E-state index is 12.8. The van der Waals surface area contributed by atoms with Gasteiger partial charge in [-0.15, -0.1) is 0 Å². The predicted molar refractivity (Wildman–Crippen MR) is 78.0 cm³/mol. The average Bonchev–Trinajstić information content (AvgIpc) is 3.03. The Labute approximate surface area is 139 Å². The minimum absolute atomic E-state index is 0.0172. The Bertz CT molecular complexity index is 708. The Hall–Kier alpha value is -2.30. The van der Waals surface area contributed by atoms with Crippen LogP contribution in [0.15, 0.2) is 24.7 Å². The smallest absolute Gasteiger partial charge is 0.338 e. The summed E-state index contributed by atoms with van der Waals surface area (Å²) in [6, 6.07) is 0.823. The second-order valence-corrected chi connectivity index (χ2v) is 5.53. The van der Waals surface area contributed by atoms with Crippen LogP contribution in [0.3, 0.4) is 0 Å². The van der Waals surface area contributed by atoms with E-state index in [4.69, 9.17) is 0 Å². The SMILES string of the molecule is FC(F)n1ccnc1CN1CCN(c2nccc(C(F)(F)F)n2)CC1. The molecule has 25 heavy (non-hydrogen) atoms. The van der Waals surface area contributed by atoms with E-state index in [1.165, 1.54) is 12.4 Å². The van der Waals surface area contributed by atoms with Gasteiger partial charge in [0.1, 0.15) is 11.5 Å². The number of rotatable bonds is 4. The van der Waals surface area contributed by atoms with Crippen molar-refractivity contribution in [2.75, 3.05) is 31.1 Å². The van der Waals surface area contributed by atoms with E-state index in [9.17, 15) is 22.0 Å². The molecule has 0 unspecified atom stereocenters. The summed E-state index contributed by atoms with van der Waals surface area (Å²) in [5, 5.41) is 0. The third-order valence-corrected chi connectivity index (χ3v) is 3.91. The Morgan fingerprint density at radius 3 is 2.40 bits per heavy atom. The molecule has 136 valence electrons. The summed E-state index contributed by atoms with van der Waals surface area (Å²) in [6.07, 6.45) is -0.913. The number of anilines is 1. The quantitative estimate of drug-likeness (QED) is 0.782. The van der Waals surface area contributed by atoms with Crippen LogP contribution in [0, 0.1) is 0 Å². The van der Waals surface area contributed by atoms with Crippen molar-refractivity contribution >= 4 is 5.95 Å². The van der Waals surface area contributed by atoms with Crippen molar-refractivity contribution < 1.29 is 22.0 Å². The van der Waals surface area contributed by atoms with Gasteiger partial charge in [0.05, 0.1) is 6.54 Å². The lowest BCUT2D eigenvalue weighted by Gasteiger charge is -2.34. The molecule has 0 amide bonds. The van der Waals surface area contributed by atoms with Crippen molar-refractivity contribution in [1.29, 1.82) is 0 Å². The molecule has 1 aliphatic heterocycles. The summed E-state index contributed by atoms with van der Waals surface area (Å²) in [5.41, 5.74) is -0.987. The van der Waals surface area contributed by atoms with E-state index < -0.39 is 18.4 Å². The number of hydrogen-bond acceptors (Lipinski definition) is 5. The van der Waals surface area contributed by atoms with Gasteiger partial charge in [0, 0.05) is 44.8 Å². The van der Waals surface area contributed by atoms with Crippen LogP contribution in [0.1, 0.15) is 18.1 Å². The van der Waals surface area contributed by atoms with Crippen molar-refractivity contribution in [2.24, 2.45) is 0 Å². The first-order valence-corrected chi connectivity index (χ1v) is 7.52. The fraction of sp³-hybridized carbons (Fsp3) is 0.500. The number of nitrogens with zero attached hydrogens (tertiary/aromatic N) is 6. The molecule has 0 spiro atoms. The topological polar surface area (TPSA) is 50.1 Å². The third-order valence-electron chi connectivity index (χ3n) is 3.91. The molecule has 0 saturated carbocycles. The van der Waals surface area contributed by atoms with Gasteiger partial charge in [-0.25, -0.2) is 15.0 Å². The maximum Gasteiger partial charge on any atom is 0.433 e. The van der Waals surface area contributed by atoms with Crippen molar-refractivity contribution in [2.45, 2.75) is 19.3 Å². The zero-order chi connectivity index (χ0) is 18.0. The fourth-order valence-electron chi connectivity index (χ4n) is 2.61. The van der Waals surface area contributed by atoms with Crippen LogP contribution in [0.5, 0.6) is 0 Å². The number of hydrogen-bond donors (Lipinski definition) is 0. The van der Waals surface area contributed by atoms with E-state index in [0.717, 1.165) is 16.8 Å². The zero-order valence-corrected chi connectivity index (χ0v) is 13.0. The normalized spacial score (nSPS) is 16.6. The van der Waals surface area contributed by atoms with Crippen LogP contribution < -0.4 is 4.90 Å². The van der Waals surface area contributed by atoms with E-state index in [1.807, 2.05) is 4.90 Å². The molecular formula is C14H15F5N6. The molecule has 0 aliphatic carbocycles. The molecule has 3 rings (SSSR count). The van der Waals surface area contributed by atoms with Crippen LogP contribution in [-0.4, -0.2) is 50.6 Å². The molecule has 0 bridgehead atoms. The first kappa shape index (κ1) is 17.5. The van der Waals surface area contributed by atoms with Crippen LogP contribution in [0.4, 0.5) is 27.9 Å². The molecule has 1 saturated heterocycles. The molecule has 1 aliphatic rings. The lowest BCUT2D eigenvalue weighted by atomic mass is 10.3. The van der Waals surface area contributed by atoms with Crippen LogP contribution in [0.2, 0.25) is 0 Å². The second-order valence-electron chi connectivity index (χ2n) is 5.53. The molecular weight excluding hydrogens is 347 g/mol. The van der Waals surface area contributed by atoms with Crippen molar-refractivity contribution in [3.05, 3.63) is 36.2 Å². The van der Waals surface area contributed by atoms with Crippen molar-refractivity contribution in [3.63, 3.8) is 0 Å². The standard InChI is InChI=1S/C14H15F5N6/c15-12(16)25-4-3-20-11(25)9-23-5-7-24(8-6-23)13-21-2-1-10(22-13)14(17,18)19/h1-4,12H,5-9H2. The van der Waals surface area contributed by atoms with E-state index in [-0.39, 0.29) is 18.3 Å². The highest BCUT2D eigenvalue weighted by Crippen LogP contribution is 2.28. The molecule has 1 fully saturated rings. The number of alkyl halides is 5. The summed E-state index contributed by atoms with van der Waals surface area (Å²) in [4.78, 5) is 14.9. The van der Waals surface area contributed by atoms with Crippen LogP contribution >= 0.6 is 0 Å². The van der Waals surface area contributed by atoms with Gasteiger partial charge in [-0.2, -0.15) is 22.0 Å². The van der Waals surface area contributed by atoms with E-state index in [2.05, 4.69) is 15.0 Å².